The van der Waals surface area contributed by atoms with E-state index in [0.717, 1.165) is 17.8 Å². The fourth-order valence-corrected chi connectivity index (χ4v) is 2.75. The first-order valence-electron chi connectivity index (χ1n) is 7.76. The van der Waals surface area contributed by atoms with Gasteiger partial charge in [-0.1, -0.05) is 6.07 Å². The number of nitrogens with zero attached hydrogens (tertiary/aromatic N) is 1. The normalized spacial score (nSPS) is 14.6. The Labute approximate surface area is 143 Å². The van der Waals surface area contributed by atoms with E-state index in [1.165, 1.54) is 6.07 Å². The minimum absolute atomic E-state index is 0.150. The Morgan fingerprint density at radius 1 is 1.20 bits per heavy atom. The molecule has 0 saturated carbocycles. The molecule has 1 aliphatic heterocycles. The minimum atomic E-state index is -0.960. The molecule has 5 nitrogen and oxygen atoms in total. The maximum atomic E-state index is 13.3. The molecule has 3 rings (SSSR count). The standard InChI is InChI=1S/C18H17F2N3O2/c1-10(11-3-5-13(19)14(20)7-11)21-18(25)12-4-6-16-15(8-12)22-17(24)9-23(16)2/h3-8,10H,9H2,1-2H3,(H,21,25)(H,22,24)/t10-/m1/s1. The van der Waals surface area contributed by atoms with Gasteiger partial charge in [0, 0.05) is 12.6 Å². The predicted molar refractivity (Wildman–Crippen MR) is 90.6 cm³/mol. The number of halogens is 2. The summed E-state index contributed by atoms with van der Waals surface area (Å²) in [6, 6.07) is 8.00. The maximum absolute atomic E-state index is 13.3. The van der Waals surface area contributed by atoms with E-state index in [1.807, 2.05) is 0 Å². The smallest absolute Gasteiger partial charge is 0.251 e. The van der Waals surface area contributed by atoms with Crippen LogP contribution in [0.3, 0.4) is 0 Å². The average Bonchev–Trinajstić information content (AvgIpc) is 2.56. The van der Waals surface area contributed by atoms with Crippen molar-refractivity contribution < 1.29 is 18.4 Å². The van der Waals surface area contributed by atoms with Crippen molar-refractivity contribution in [2.75, 3.05) is 23.8 Å². The second-order valence-electron chi connectivity index (χ2n) is 6.00. The van der Waals surface area contributed by atoms with Crippen LogP contribution >= 0.6 is 0 Å². The Hall–Kier alpha value is -2.96. The van der Waals surface area contributed by atoms with Crippen LogP contribution < -0.4 is 15.5 Å². The summed E-state index contributed by atoms with van der Waals surface area (Å²) in [7, 11) is 1.79. The number of carbonyl (C=O) groups excluding carboxylic acids is 2. The predicted octanol–water partition coefficient (Wildman–Crippen LogP) is 2.84. The zero-order chi connectivity index (χ0) is 18.1. The highest BCUT2D eigenvalue weighted by Crippen LogP contribution is 2.29. The Kier molecular flexibility index (Phi) is 4.39. The number of carbonyl (C=O) groups is 2. The molecule has 2 aromatic rings. The van der Waals surface area contributed by atoms with Crippen molar-refractivity contribution in [1.82, 2.24) is 5.32 Å². The number of nitrogens with one attached hydrogen (secondary N) is 2. The van der Waals surface area contributed by atoms with Gasteiger partial charge in [-0.05, 0) is 42.8 Å². The van der Waals surface area contributed by atoms with E-state index in [4.69, 9.17) is 0 Å². The third kappa shape index (κ3) is 3.45. The Morgan fingerprint density at radius 3 is 2.68 bits per heavy atom. The summed E-state index contributed by atoms with van der Waals surface area (Å²) in [4.78, 5) is 25.8. The van der Waals surface area contributed by atoms with E-state index in [9.17, 15) is 18.4 Å². The number of anilines is 2. The van der Waals surface area contributed by atoms with E-state index in [1.54, 1.807) is 37.1 Å². The van der Waals surface area contributed by atoms with Crippen LogP contribution in [-0.4, -0.2) is 25.4 Å². The fourth-order valence-electron chi connectivity index (χ4n) is 2.75. The van der Waals surface area contributed by atoms with Crippen molar-refractivity contribution >= 4 is 23.2 Å². The van der Waals surface area contributed by atoms with Gasteiger partial charge in [-0.3, -0.25) is 9.59 Å². The van der Waals surface area contributed by atoms with Crippen molar-refractivity contribution in [3.8, 4) is 0 Å². The monoisotopic (exact) mass is 345 g/mol. The van der Waals surface area contributed by atoms with Crippen LogP contribution in [0.5, 0.6) is 0 Å². The van der Waals surface area contributed by atoms with Crippen LogP contribution in [0.4, 0.5) is 20.2 Å². The van der Waals surface area contributed by atoms with Crippen molar-refractivity contribution in [3.05, 3.63) is 59.2 Å². The molecule has 0 aliphatic carbocycles. The molecule has 130 valence electrons. The second-order valence-corrected chi connectivity index (χ2v) is 6.00. The first-order valence-corrected chi connectivity index (χ1v) is 7.76. The van der Waals surface area contributed by atoms with Gasteiger partial charge in [0.1, 0.15) is 0 Å². The van der Waals surface area contributed by atoms with Crippen LogP contribution in [-0.2, 0) is 4.79 Å². The second kappa shape index (κ2) is 6.51. The van der Waals surface area contributed by atoms with E-state index in [2.05, 4.69) is 10.6 Å². The van der Waals surface area contributed by atoms with Crippen molar-refractivity contribution in [2.24, 2.45) is 0 Å². The van der Waals surface area contributed by atoms with Gasteiger partial charge in [-0.25, -0.2) is 8.78 Å². The van der Waals surface area contributed by atoms with Crippen LogP contribution in [0.25, 0.3) is 0 Å². The van der Waals surface area contributed by atoms with Crippen LogP contribution in [0.15, 0.2) is 36.4 Å². The third-order valence-corrected chi connectivity index (χ3v) is 4.12. The SMILES string of the molecule is C[C@@H](NC(=O)c1ccc2c(c1)NC(=O)CN2C)c1ccc(F)c(F)c1. The van der Waals surface area contributed by atoms with Gasteiger partial charge in [0.05, 0.1) is 24.0 Å². The Bertz CT molecular complexity index is 854. The quantitative estimate of drug-likeness (QED) is 0.899. The summed E-state index contributed by atoms with van der Waals surface area (Å²) < 4.78 is 26.3. The maximum Gasteiger partial charge on any atom is 0.251 e. The number of benzene rings is 2. The molecule has 2 amide bonds. The highest BCUT2D eigenvalue weighted by Gasteiger charge is 2.21. The molecule has 25 heavy (non-hydrogen) atoms. The van der Waals surface area contributed by atoms with Gasteiger partial charge in [-0.15, -0.1) is 0 Å². The number of hydrogen-bond acceptors (Lipinski definition) is 3. The molecule has 1 atom stereocenters. The van der Waals surface area contributed by atoms with Crippen LogP contribution in [0.1, 0.15) is 28.9 Å². The number of rotatable bonds is 3. The summed E-state index contributed by atoms with van der Waals surface area (Å²) in [5.74, 6) is -2.42. The summed E-state index contributed by atoms with van der Waals surface area (Å²) in [6.07, 6.45) is 0. The first-order chi connectivity index (χ1) is 11.8. The average molecular weight is 345 g/mol. The third-order valence-electron chi connectivity index (χ3n) is 4.12. The summed E-state index contributed by atoms with van der Waals surface area (Å²) in [5.41, 5.74) is 2.21. The largest absolute Gasteiger partial charge is 0.364 e. The molecule has 0 spiro atoms. The molecule has 7 heteroatoms. The molecule has 0 saturated heterocycles. The van der Waals surface area contributed by atoms with Crippen LogP contribution in [0.2, 0.25) is 0 Å². The molecule has 1 heterocycles. The molecule has 0 bridgehead atoms. The minimum Gasteiger partial charge on any atom is -0.364 e. The lowest BCUT2D eigenvalue weighted by atomic mass is 10.1. The Morgan fingerprint density at radius 2 is 1.96 bits per heavy atom. The zero-order valence-corrected chi connectivity index (χ0v) is 13.8. The summed E-state index contributed by atoms with van der Waals surface area (Å²) in [5, 5.41) is 5.47. The van der Waals surface area contributed by atoms with Crippen LogP contribution in [0, 0.1) is 11.6 Å². The lowest BCUT2D eigenvalue weighted by molar-refractivity contribution is -0.115. The molecule has 1 aliphatic rings. The number of fused-ring (bicyclic) bond motifs is 1. The molecule has 0 fully saturated rings. The van der Waals surface area contributed by atoms with Gasteiger partial charge < -0.3 is 15.5 Å². The lowest BCUT2D eigenvalue weighted by Gasteiger charge is -2.27. The highest BCUT2D eigenvalue weighted by molar-refractivity contribution is 6.03. The lowest BCUT2D eigenvalue weighted by Crippen LogP contribution is -2.35. The van der Waals surface area contributed by atoms with Gasteiger partial charge in [0.2, 0.25) is 5.91 Å². The molecule has 2 aromatic carbocycles. The van der Waals surface area contributed by atoms with Gasteiger partial charge in [0.25, 0.3) is 5.91 Å². The molecular formula is C18H17F2N3O2. The number of hydrogen-bond donors (Lipinski definition) is 2. The van der Waals surface area contributed by atoms with E-state index < -0.39 is 17.7 Å². The Balaban J connectivity index is 1.78. The topological polar surface area (TPSA) is 61.4 Å². The van der Waals surface area contributed by atoms with Gasteiger partial charge >= 0.3 is 0 Å². The molecule has 2 N–H and O–H groups in total. The molecule has 0 radical (unpaired) electrons. The van der Waals surface area contributed by atoms with Gasteiger partial charge in [0.15, 0.2) is 11.6 Å². The molecule has 0 aromatic heterocycles. The van der Waals surface area contributed by atoms with Crippen molar-refractivity contribution in [2.45, 2.75) is 13.0 Å². The molecule has 0 unspecified atom stereocenters. The van der Waals surface area contributed by atoms with Crippen molar-refractivity contribution in [1.29, 1.82) is 0 Å². The van der Waals surface area contributed by atoms with E-state index >= 15 is 0 Å². The highest BCUT2D eigenvalue weighted by atomic mass is 19.2. The number of amides is 2. The zero-order valence-electron chi connectivity index (χ0n) is 13.8. The fraction of sp³-hybridized carbons (Fsp3) is 0.222. The molecular weight excluding hydrogens is 328 g/mol. The van der Waals surface area contributed by atoms with Crippen molar-refractivity contribution in [3.63, 3.8) is 0 Å². The summed E-state index contributed by atoms with van der Waals surface area (Å²) in [6.45, 7) is 1.93. The van der Waals surface area contributed by atoms with Gasteiger partial charge in [-0.2, -0.15) is 0 Å². The number of likely N-dealkylation sites (N-methyl/N-ethyl adjacent to an activating group) is 1. The first kappa shape index (κ1) is 16.9. The van der Waals surface area contributed by atoms with E-state index in [-0.39, 0.29) is 18.4 Å². The summed E-state index contributed by atoms with van der Waals surface area (Å²) >= 11 is 0. The van der Waals surface area contributed by atoms with E-state index in [0.29, 0.717) is 16.8 Å².